The van der Waals surface area contributed by atoms with E-state index in [-0.39, 0.29) is 6.04 Å². The molecule has 0 aliphatic carbocycles. The quantitative estimate of drug-likeness (QED) is 0.754. The van der Waals surface area contributed by atoms with E-state index in [4.69, 9.17) is 0 Å². The first-order chi connectivity index (χ1) is 9.88. The van der Waals surface area contributed by atoms with Crippen molar-refractivity contribution in [2.24, 2.45) is 0 Å². The second-order valence-corrected chi connectivity index (χ2v) is 8.59. The molecule has 122 valence electrons. The first-order valence-electron chi connectivity index (χ1n) is 7.64. The van der Waals surface area contributed by atoms with Gasteiger partial charge in [0.1, 0.15) is 0 Å². The van der Waals surface area contributed by atoms with Crippen molar-refractivity contribution in [2.45, 2.75) is 64.4 Å². The molecule has 0 saturated heterocycles. The molecule has 6 heteroatoms. The molecule has 0 aromatic carbocycles. The third-order valence-electron chi connectivity index (χ3n) is 3.68. The molecule has 1 aromatic heterocycles. The summed E-state index contributed by atoms with van der Waals surface area (Å²) in [6, 6.07) is 1.86. The molecule has 1 aromatic rings. The van der Waals surface area contributed by atoms with Crippen LogP contribution in [-0.4, -0.2) is 32.4 Å². The van der Waals surface area contributed by atoms with Gasteiger partial charge in [0.05, 0.1) is 4.90 Å². The SMILES string of the molecule is CCCCN(C(C)CC)S(=O)(=O)c1cc(CNC)sc1C. The Kier molecular flexibility index (Phi) is 7.33. The smallest absolute Gasteiger partial charge is 0.244 e. The number of aryl methyl sites for hydroxylation is 1. The van der Waals surface area contributed by atoms with Crippen molar-refractivity contribution >= 4 is 21.4 Å². The van der Waals surface area contributed by atoms with Gasteiger partial charge < -0.3 is 5.32 Å². The molecular weight excluding hydrogens is 304 g/mol. The zero-order valence-electron chi connectivity index (χ0n) is 13.8. The van der Waals surface area contributed by atoms with Crippen LogP contribution in [0.25, 0.3) is 0 Å². The Bertz CT molecular complexity index is 538. The van der Waals surface area contributed by atoms with Crippen LogP contribution >= 0.6 is 11.3 Å². The Morgan fingerprint density at radius 3 is 2.57 bits per heavy atom. The summed E-state index contributed by atoms with van der Waals surface area (Å²) in [6.45, 7) is 9.31. The maximum Gasteiger partial charge on any atom is 0.244 e. The van der Waals surface area contributed by atoms with Crippen molar-refractivity contribution in [1.82, 2.24) is 9.62 Å². The fourth-order valence-electron chi connectivity index (χ4n) is 2.26. The minimum atomic E-state index is -3.40. The maximum atomic E-state index is 13.0. The molecule has 0 amide bonds. The predicted octanol–water partition coefficient (Wildman–Crippen LogP) is 3.37. The van der Waals surface area contributed by atoms with Gasteiger partial charge in [0.15, 0.2) is 0 Å². The van der Waals surface area contributed by atoms with Crippen LogP contribution in [0.5, 0.6) is 0 Å². The van der Waals surface area contributed by atoms with Gasteiger partial charge in [-0.2, -0.15) is 4.31 Å². The zero-order valence-corrected chi connectivity index (χ0v) is 15.4. The molecule has 1 unspecified atom stereocenters. The van der Waals surface area contributed by atoms with Crippen LogP contribution in [0.15, 0.2) is 11.0 Å². The summed E-state index contributed by atoms with van der Waals surface area (Å²) in [5.74, 6) is 0. The highest BCUT2D eigenvalue weighted by Crippen LogP contribution is 2.29. The fourth-order valence-corrected chi connectivity index (χ4v) is 5.62. The highest BCUT2D eigenvalue weighted by Gasteiger charge is 2.30. The molecule has 4 nitrogen and oxygen atoms in total. The molecule has 0 radical (unpaired) electrons. The van der Waals surface area contributed by atoms with E-state index in [0.29, 0.717) is 18.0 Å². The van der Waals surface area contributed by atoms with Crippen LogP contribution in [0.3, 0.4) is 0 Å². The number of thiophene rings is 1. The van der Waals surface area contributed by atoms with E-state index in [9.17, 15) is 8.42 Å². The first-order valence-corrected chi connectivity index (χ1v) is 9.89. The van der Waals surface area contributed by atoms with E-state index >= 15 is 0 Å². The molecule has 1 atom stereocenters. The van der Waals surface area contributed by atoms with Crippen LogP contribution in [0, 0.1) is 6.92 Å². The van der Waals surface area contributed by atoms with Crippen molar-refractivity contribution in [3.05, 3.63) is 15.8 Å². The second-order valence-electron chi connectivity index (χ2n) is 5.39. The molecule has 21 heavy (non-hydrogen) atoms. The summed E-state index contributed by atoms with van der Waals surface area (Å²) in [6.07, 6.45) is 2.72. The molecule has 1 rings (SSSR count). The van der Waals surface area contributed by atoms with Crippen molar-refractivity contribution < 1.29 is 8.42 Å². The Labute approximate surface area is 133 Å². The molecule has 0 aliphatic heterocycles. The average Bonchev–Trinajstić information content (AvgIpc) is 2.80. The van der Waals surface area contributed by atoms with Gasteiger partial charge in [-0.1, -0.05) is 20.3 Å². The largest absolute Gasteiger partial charge is 0.315 e. The van der Waals surface area contributed by atoms with E-state index in [1.807, 2.05) is 33.9 Å². The van der Waals surface area contributed by atoms with Crippen LogP contribution in [-0.2, 0) is 16.6 Å². The minimum Gasteiger partial charge on any atom is -0.315 e. The highest BCUT2D eigenvalue weighted by atomic mass is 32.2. The minimum absolute atomic E-state index is 0.0357. The zero-order chi connectivity index (χ0) is 16.0. The third-order valence-corrected chi connectivity index (χ3v) is 6.99. The lowest BCUT2D eigenvalue weighted by Gasteiger charge is -2.27. The van der Waals surface area contributed by atoms with Crippen LogP contribution in [0.1, 0.15) is 49.8 Å². The standard InChI is InChI=1S/C15H28N2O2S2/c1-6-8-9-17(12(3)7-2)21(18,19)15-10-14(11-16-5)20-13(15)4/h10,12,16H,6-9,11H2,1-5H3. The number of nitrogens with one attached hydrogen (secondary N) is 1. The van der Waals surface area contributed by atoms with E-state index in [0.717, 1.165) is 29.0 Å². The lowest BCUT2D eigenvalue weighted by Crippen LogP contribution is -2.39. The molecule has 0 bridgehead atoms. The Morgan fingerprint density at radius 2 is 2.05 bits per heavy atom. The summed E-state index contributed by atoms with van der Waals surface area (Å²) >= 11 is 1.56. The third kappa shape index (κ3) is 4.52. The topological polar surface area (TPSA) is 49.4 Å². The lowest BCUT2D eigenvalue weighted by molar-refractivity contribution is 0.324. The van der Waals surface area contributed by atoms with Gasteiger partial charge in [-0.25, -0.2) is 8.42 Å². The van der Waals surface area contributed by atoms with Crippen molar-refractivity contribution in [3.8, 4) is 0 Å². The molecule has 0 fully saturated rings. The van der Waals surface area contributed by atoms with Gasteiger partial charge in [-0.3, -0.25) is 0 Å². The van der Waals surface area contributed by atoms with E-state index < -0.39 is 10.0 Å². The van der Waals surface area contributed by atoms with Gasteiger partial charge in [0.2, 0.25) is 10.0 Å². The number of sulfonamides is 1. The predicted molar refractivity (Wildman–Crippen MR) is 90.4 cm³/mol. The number of hydrogen-bond donors (Lipinski definition) is 1. The molecule has 0 spiro atoms. The van der Waals surface area contributed by atoms with Crippen molar-refractivity contribution in [2.75, 3.05) is 13.6 Å². The van der Waals surface area contributed by atoms with Gasteiger partial charge in [0.25, 0.3) is 0 Å². The van der Waals surface area contributed by atoms with Gasteiger partial charge in [0, 0.05) is 28.9 Å². The van der Waals surface area contributed by atoms with Crippen molar-refractivity contribution in [3.63, 3.8) is 0 Å². The van der Waals surface area contributed by atoms with Gasteiger partial charge in [-0.05, 0) is 39.8 Å². The molecular formula is C15H28N2O2S2. The monoisotopic (exact) mass is 332 g/mol. The summed E-state index contributed by atoms with van der Waals surface area (Å²) in [4.78, 5) is 2.42. The highest BCUT2D eigenvalue weighted by molar-refractivity contribution is 7.89. The molecule has 1 N–H and O–H groups in total. The van der Waals surface area contributed by atoms with E-state index in [2.05, 4.69) is 12.2 Å². The Morgan fingerprint density at radius 1 is 1.38 bits per heavy atom. The lowest BCUT2D eigenvalue weighted by atomic mass is 10.2. The second kappa shape index (κ2) is 8.27. The summed E-state index contributed by atoms with van der Waals surface area (Å²) < 4.78 is 27.7. The number of nitrogens with zero attached hydrogens (tertiary/aromatic N) is 1. The summed E-state index contributed by atoms with van der Waals surface area (Å²) in [5.41, 5.74) is 0. The Balaban J connectivity index is 3.15. The number of rotatable bonds is 9. The van der Waals surface area contributed by atoms with Crippen molar-refractivity contribution in [1.29, 1.82) is 0 Å². The van der Waals surface area contributed by atoms with E-state index in [1.165, 1.54) is 0 Å². The maximum absolute atomic E-state index is 13.0. The van der Waals surface area contributed by atoms with Gasteiger partial charge in [-0.15, -0.1) is 11.3 Å². The summed E-state index contributed by atoms with van der Waals surface area (Å²) in [5, 5.41) is 3.08. The Hall–Kier alpha value is -0.430. The van der Waals surface area contributed by atoms with Gasteiger partial charge >= 0.3 is 0 Å². The van der Waals surface area contributed by atoms with E-state index in [1.54, 1.807) is 15.6 Å². The first kappa shape index (κ1) is 18.6. The molecule has 0 aliphatic rings. The molecule has 1 heterocycles. The average molecular weight is 333 g/mol. The summed E-state index contributed by atoms with van der Waals surface area (Å²) in [7, 11) is -1.53. The molecule has 0 saturated carbocycles. The normalized spacial score (nSPS) is 13.8. The van der Waals surface area contributed by atoms with Crippen LogP contribution in [0.2, 0.25) is 0 Å². The van der Waals surface area contributed by atoms with Crippen LogP contribution < -0.4 is 5.32 Å². The fraction of sp³-hybridized carbons (Fsp3) is 0.733. The number of unbranched alkanes of at least 4 members (excludes halogenated alkanes) is 1. The number of hydrogen-bond acceptors (Lipinski definition) is 4. The van der Waals surface area contributed by atoms with Crippen LogP contribution in [0.4, 0.5) is 0 Å².